The minimum Gasteiger partial charge on any atom is -0.343 e. The average molecular weight is 381 g/mol. The molecule has 0 spiro atoms. The fourth-order valence-corrected chi connectivity index (χ4v) is 4.04. The van der Waals surface area contributed by atoms with E-state index in [4.69, 9.17) is 27.9 Å². The fourth-order valence-electron chi connectivity index (χ4n) is 3.31. The van der Waals surface area contributed by atoms with Gasteiger partial charge in [0, 0.05) is 6.92 Å². The average Bonchev–Trinajstić information content (AvgIpc) is 2.87. The summed E-state index contributed by atoms with van der Waals surface area (Å²) in [6, 6.07) is 0. The summed E-state index contributed by atoms with van der Waals surface area (Å²) in [5.41, 5.74) is 0. The van der Waals surface area contributed by atoms with Gasteiger partial charge in [0.25, 0.3) is 0 Å². The van der Waals surface area contributed by atoms with Crippen LogP contribution in [0.2, 0.25) is 0 Å². The smallest absolute Gasteiger partial charge is 0.343 e. The van der Waals surface area contributed by atoms with Gasteiger partial charge in [0.2, 0.25) is 11.7 Å². The number of nitrogens with one attached hydrogen (secondary N) is 1. The molecule has 0 aliphatic carbocycles. The molecule has 0 bridgehead atoms. The van der Waals surface area contributed by atoms with Crippen LogP contribution in [0.25, 0.3) is 0 Å². The SMILES string of the molecule is CC(=O)NS(=O)(=O)OC[C@@]12OC[C@H]3OC(C)(C)OC3[C@@H]1OC(C)(C)O2. The molecule has 3 saturated heterocycles. The van der Waals surface area contributed by atoms with Crippen molar-refractivity contribution in [1.29, 1.82) is 0 Å². The highest BCUT2D eigenvalue weighted by atomic mass is 32.2. The Morgan fingerprint density at radius 1 is 1.16 bits per heavy atom. The van der Waals surface area contributed by atoms with Crippen molar-refractivity contribution in [1.82, 2.24) is 4.72 Å². The molecular formula is C14H23NO9S. The number of carbonyl (C=O) groups excluding carboxylic acids is 1. The molecule has 3 fully saturated rings. The van der Waals surface area contributed by atoms with Crippen LogP contribution in [0.4, 0.5) is 0 Å². The van der Waals surface area contributed by atoms with Gasteiger partial charge in [-0.1, -0.05) is 0 Å². The Bertz CT molecular complexity index is 661. The lowest BCUT2D eigenvalue weighted by molar-refractivity contribution is -0.290. The summed E-state index contributed by atoms with van der Waals surface area (Å²) in [4.78, 5) is 11.0. The summed E-state index contributed by atoms with van der Waals surface area (Å²) < 4.78 is 59.4. The minimum absolute atomic E-state index is 0.119. The van der Waals surface area contributed by atoms with E-state index >= 15 is 0 Å². The van der Waals surface area contributed by atoms with Crippen LogP contribution in [-0.2, 0) is 43.0 Å². The number of hydrogen-bond acceptors (Lipinski definition) is 9. The Morgan fingerprint density at radius 2 is 1.84 bits per heavy atom. The molecular weight excluding hydrogens is 358 g/mol. The molecule has 25 heavy (non-hydrogen) atoms. The van der Waals surface area contributed by atoms with Crippen LogP contribution < -0.4 is 4.72 Å². The Hall–Kier alpha value is -0.820. The lowest BCUT2D eigenvalue weighted by Gasteiger charge is -2.40. The van der Waals surface area contributed by atoms with Gasteiger partial charge in [-0.3, -0.25) is 4.79 Å². The maximum absolute atomic E-state index is 11.8. The highest BCUT2D eigenvalue weighted by Crippen LogP contribution is 2.47. The quantitative estimate of drug-likeness (QED) is 0.705. The monoisotopic (exact) mass is 381 g/mol. The van der Waals surface area contributed by atoms with Crippen molar-refractivity contribution in [3.8, 4) is 0 Å². The van der Waals surface area contributed by atoms with Crippen LogP contribution in [0.3, 0.4) is 0 Å². The van der Waals surface area contributed by atoms with Crippen molar-refractivity contribution in [3.63, 3.8) is 0 Å². The van der Waals surface area contributed by atoms with Gasteiger partial charge >= 0.3 is 10.3 Å². The van der Waals surface area contributed by atoms with Gasteiger partial charge < -0.3 is 23.7 Å². The van der Waals surface area contributed by atoms with Crippen molar-refractivity contribution in [2.45, 2.75) is 70.3 Å². The number of carbonyl (C=O) groups is 1. The van der Waals surface area contributed by atoms with Crippen LogP contribution >= 0.6 is 0 Å². The molecule has 144 valence electrons. The van der Waals surface area contributed by atoms with Crippen molar-refractivity contribution >= 4 is 16.2 Å². The molecule has 11 heteroatoms. The van der Waals surface area contributed by atoms with E-state index in [2.05, 4.69) is 0 Å². The Kier molecular flexibility index (Phi) is 4.43. The zero-order valence-electron chi connectivity index (χ0n) is 14.7. The summed E-state index contributed by atoms with van der Waals surface area (Å²) in [7, 11) is -4.29. The first-order valence-corrected chi connectivity index (χ1v) is 9.29. The zero-order valence-corrected chi connectivity index (χ0v) is 15.5. The van der Waals surface area contributed by atoms with Crippen LogP contribution in [0.5, 0.6) is 0 Å². The molecule has 3 aliphatic heterocycles. The van der Waals surface area contributed by atoms with Gasteiger partial charge in [-0.2, -0.15) is 8.42 Å². The molecule has 0 radical (unpaired) electrons. The Labute approximate surface area is 146 Å². The molecule has 0 aromatic heterocycles. The van der Waals surface area contributed by atoms with E-state index in [1.807, 2.05) is 0 Å². The molecule has 3 rings (SSSR count). The topological polar surface area (TPSA) is 119 Å². The summed E-state index contributed by atoms with van der Waals surface area (Å²) in [6.45, 7) is 7.57. The maximum Gasteiger partial charge on any atom is 0.362 e. The zero-order chi connectivity index (χ0) is 18.7. The molecule has 3 heterocycles. The maximum atomic E-state index is 11.8. The van der Waals surface area contributed by atoms with Crippen LogP contribution in [-0.4, -0.2) is 63.2 Å². The summed E-state index contributed by atoms with van der Waals surface area (Å²) >= 11 is 0. The predicted octanol–water partition coefficient (Wildman–Crippen LogP) is -0.218. The molecule has 1 amide bonds. The van der Waals surface area contributed by atoms with Crippen LogP contribution in [0, 0.1) is 0 Å². The first-order valence-electron chi connectivity index (χ1n) is 7.88. The van der Waals surface area contributed by atoms with Gasteiger partial charge in [-0.25, -0.2) is 8.91 Å². The fraction of sp³-hybridized carbons (Fsp3) is 0.929. The molecule has 1 unspecified atom stereocenters. The van der Waals surface area contributed by atoms with E-state index in [1.165, 1.54) is 0 Å². The van der Waals surface area contributed by atoms with E-state index in [9.17, 15) is 13.2 Å². The van der Waals surface area contributed by atoms with E-state index in [-0.39, 0.29) is 12.7 Å². The van der Waals surface area contributed by atoms with Gasteiger partial charge in [-0.15, -0.1) is 0 Å². The first-order chi connectivity index (χ1) is 11.3. The van der Waals surface area contributed by atoms with E-state index in [0.717, 1.165) is 6.92 Å². The number of ether oxygens (including phenoxy) is 5. The highest BCUT2D eigenvalue weighted by molar-refractivity contribution is 7.85. The molecule has 10 nitrogen and oxygen atoms in total. The summed E-state index contributed by atoms with van der Waals surface area (Å²) in [5, 5.41) is 0. The molecule has 4 atom stereocenters. The standard InChI is InChI=1S/C14H23NO9S/c1-8(16)15-25(17,18)20-7-14-11(23-13(4,5)24-14)10-9(6-19-14)21-12(2,3)22-10/h9-11H,6-7H2,1-5H3,(H,15,16)/t9-,10?,11+,14+/m1/s1. The van der Waals surface area contributed by atoms with Gasteiger partial charge in [0.1, 0.15) is 24.9 Å². The van der Waals surface area contributed by atoms with Crippen molar-refractivity contribution in [2.75, 3.05) is 13.2 Å². The lowest BCUT2D eigenvalue weighted by Crippen LogP contribution is -2.60. The van der Waals surface area contributed by atoms with E-state index in [1.54, 1.807) is 32.4 Å². The predicted molar refractivity (Wildman–Crippen MR) is 81.2 cm³/mol. The molecule has 3 aliphatic rings. The number of hydrogen-bond donors (Lipinski definition) is 1. The molecule has 0 aromatic rings. The summed E-state index contributed by atoms with van der Waals surface area (Å²) in [5.74, 6) is -4.14. The minimum atomic E-state index is -4.29. The molecule has 0 aromatic carbocycles. The van der Waals surface area contributed by atoms with Crippen LogP contribution in [0.15, 0.2) is 0 Å². The highest BCUT2D eigenvalue weighted by Gasteiger charge is 2.65. The van der Waals surface area contributed by atoms with E-state index in [0.29, 0.717) is 0 Å². The lowest BCUT2D eigenvalue weighted by atomic mass is 9.98. The van der Waals surface area contributed by atoms with Crippen molar-refractivity contribution in [3.05, 3.63) is 0 Å². The first kappa shape index (κ1) is 19.0. The number of amides is 1. The van der Waals surface area contributed by atoms with Crippen molar-refractivity contribution < 1.29 is 41.1 Å². The second kappa shape index (κ2) is 5.84. The largest absolute Gasteiger partial charge is 0.362 e. The third-order valence-corrected chi connectivity index (χ3v) is 4.92. The molecule has 0 saturated carbocycles. The van der Waals surface area contributed by atoms with Gasteiger partial charge in [0.05, 0.1) is 6.61 Å². The number of rotatable bonds is 4. The second-order valence-electron chi connectivity index (χ2n) is 7.18. The van der Waals surface area contributed by atoms with Crippen molar-refractivity contribution in [2.24, 2.45) is 0 Å². The Morgan fingerprint density at radius 3 is 2.48 bits per heavy atom. The van der Waals surface area contributed by atoms with Gasteiger partial charge in [0.15, 0.2) is 11.6 Å². The van der Waals surface area contributed by atoms with E-state index < -0.39 is 52.4 Å². The molecule has 1 N–H and O–H groups in total. The summed E-state index contributed by atoms with van der Waals surface area (Å²) in [6.07, 6.45) is -1.66. The second-order valence-corrected chi connectivity index (χ2v) is 8.52. The number of fused-ring (bicyclic) bond motifs is 3. The Balaban J connectivity index is 1.81. The normalized spacial score (nSPS) is 38.8. The van der Waals surface area contributed by atoms with Crippen LogP contribution in [0.1, 0.15) is 34.6 Å². The third-order valence-electron chi connectivity index (χ3n) is 3.96. The third kappa shape index (κ3) is 3.82. The van der Waals surface area contributed by atoms with Gasteiger partial charge in [-0.05, 0) is 27.7 Å².